The van der Waals surface area contributed by atoms with E-state index in [-0.39, 0.29) is 0 Å². The van der Waals surface area contributed by atoms with Gasteiger partial charge in [0, 0.05) is 0 Å². The molecule has 4 aliphatic rings. The number of fused-ring (bicyclic) bond motifs is 2. The van der Waals surface area contributed by atoms with Crippen molar-refractivity contribution in [3.05, 3.63) is 106 Å². The number of hydrogen-bond acceptors (Lipinski definition) is 0. The molecule has 0 atom stereocenters. The zero-order valence-electron chi connectivity index (χ0n) is 16.0. The zero-order chi connectivity index (χ0) is 18.1. The molecule has 0 bridgehead atoms. The maximum atomic E-state index is 2.30. The molecule has 0 aromatic rings. The van der Waals surface area contributed by atoms with E-state index in [1.807, 2.05) is 27.7 Å². The van der Waals surface area contributed by atoms with Gasteiger partial charge in [-0.3, -0.25) is 0 Å². The average Bonchev–Trinajstić information content (AvgIpc) is 2.79. The largest absolute Gasteiger partial charge is 0.0842 e. The first-order valence-corrected chi connectivity index (χ1v) is 9.68. The minimum Gasteiger partial charge on any atom is -0.0842 e. The number of hydrogen-bond donors (Lipinski definition) is 0. The van der Waals surface area contributed by atoms with Gasteiger partial charge in [0.15, 0.2) is 0 Å². The van der Waals surface area contributed by atoms with Gasteiger partial charge in [-0.25, -0.2) is 0 Å². The maximum Gasteiger partial charge on any atom is -0.00700 e. The van der Waals surface area contributed by atoms with Crippen LogP contribution in [0.5, 0.6) is 0 Å². The van der Waals surface area contributed by atoms with Gasteiger partial charge in [-0.2, -0.15) is 0 Å². The van der Waals surface area contributed by atoms with E-state index < -0.39 is 0 Å². The Hall–Kier alpha value is -2.34. The summed E-state index contributed by atoms with van der Waals surface area (Å²) in [7, 11) is 0. The highest BCUT2D eigenvalue weighted by Crippen LogP contribution is 2.47. The molecule has 0 aromatic heterocycles. The average molecular weight is 331 g/mol. The van der Waals surface area contributed by atoms with Crippen molar-refractivity contribution in [2.75, 3.05) is 0 Å². The van der Waals surface area contributed by atoms with Crippen molar-refractivity contribution in [3.8, 4) is 0 Å². The van der Waals surface area contributed by atoms with E-state index >= 15 is 0 Å². The molecule has 0 heteroatoms. The van der Waals surface area contributed by atoms with Gasteiger partial charge in [-0.05, 0) is 52.7 Å². The molecule has 4 rings (SSSR count). The summed E-state index contributed by atoms with van der Waals surface area (Å²) in [5.41, 5.74) is 8.58. The second-order valence-electron chi connectivity index (χ2n) is 5.66. The molecule has 0 aliphatic heterocycles. The van der Waals surface area contributed by atoms with E-state index in [9.17, 15) is 0 Å². The summed E-state index contributed by atoms with van der Waals surface area (Å²) < 4.78 is 0. The minimum absolute atomic E-state index is 1.02. The molecular formula is C25H30. The number of rotatable bonds is 0. The fourth-order valence-electron chi connectivity index (χ4n) is 3.45. The van der Waals surface area contributed by atoms with Crippen LogP contribution in [0.2, 0.25) is 0 Å². The molecule has 0 aromatic carbocycles. The van der Waals surface area contributed by atoms with Crippen molar-refractivity contribution in [2.45, 2.75) is 47.0 Å². The lowest BCUT2D eigenvalue weighted by atomic mass is 9.89. The Morgan fingerprint density at radius 3 is 2.28 bits per heavy atom. The molecule has 0 N–H and O–H groups in total. The predicted octanol–water partition coefficient (Wildman–Crippen LogP) is 7.49. The van der Waals surface area contributed by atoms with E-state index in [0.717, 1.165) is 19.3 Å². The van der Waals surface area contributed by atoms with Gasteiger partial charge in [-0.15, -0.1) is 0 Å². The van der Waals surface area contributed by atoms with Crippen LogP contribution in [0.25, 0.3) is 0 Å². The monoisotopic (exact) mass is 330 g/mol. The van der Waals surface area contributed by atoms with Crippen molar-refractivity contribution in [1.29, 1.82) is 0 Å². The van der Waals surface area contributed by atoms with E-state index in [4.69, 9.17) is 0 Å². The lowest BCUT2D eigenvalue weighted by Gasteiger charge is -2.15. The highest BCUT2D eigenvalue weighted by atomic mass is 14.3. The van der Waals surface area contributed by atoms with Crippen LogP contribution < -0.4 is 0 Å². The highest BCUT2D eigenvalue weighted by Gasteiger charge is 2.29. The van der Waals surface area contributed by atoms with Crippen LogP contribution in [0, 0.1) is 0 Å². The second-order valence-corrected chi connectivity index (χ2v) is 5.66. The first-order valence-electron chi connectivity index (χ1n) is 9.68. The molecule has 0 radical (unpaired) electrons. The molecule has 0 unspecified atom stereocenters. The van der Waals surface area contributed by atoms with Crippen LogP contribution in [-0.4, -0.2) is 0 Å². The molecular weight excluding hydrogens is 300 g/mol. The zero-order valence-corrected chi connectivity index (χ0v) is 16.0. The minimum atomic E-state index is 1.02. The van der Waals surface area contributed by atoms with E-state index in [1.165, 1.54) is 33.4 Å². The summed E-state index contributed by atoms with van der Waals surface area (Å²) in [5, 5.41) is 0. The molecule has 130 valence electrons. The smallest absolute Gasteiger partial charge is 0.00700 e. The third-order valence-electron chi connectivity index (χ3n) is 4.39. The SMILES string of the molecule is C1=CCC2=C(C=C1)C1=C/C=C\C=C/C3=C\1C/2=C\C=C/CC3.CC.CC. The molecule has 0 spiro atoms. The van der Waals surface area contributed by atoms with Gasteiger partial charge >= 0.3 is 0 Å². The summed E-state index contributed by atoms with van der Waals surface area (Å²) in [6.07, 6.45) is 29.9. The predicted molar refractivity (Wildman–Crippen MR) is 112 cm³/mol. The van der Waals surface area contributed by atoms with Gasteiger partial charge in [0.1, 0.15) is 0 Å². The van der Waals surface area contributed by atoms with E-state index in [1.54, 1.807) is 0 Å². The lowest BCUT2D eigenvalue weighted by Crippen LogP contribution is -1.96. The van der Waals surface area contributed by atoms with Crippen LogP contribution in [-0.2, 0) is 0 Å². The van der Waals surface area contributed by atoms with Crippen molar-refractivity contribution < 1.29 is 0 Å². The maximum absolute atomic E-state index is 2.30. The third kappa shape index (κ3) is 4.02. The quantitative estimate of drug-likeness (QED) is 0.431. The molecule has 25 heavy (non-hydrogen) atoms. The fraction of sp³-hybridized carbons (Fsp3) is 0.280. The van der Waals surface area contributed by atoms with Crippen molar-refractivity contribution in [3.63, 3.8) is 0 Å². The molecule has 0 nitrogen and oxygen atoms in total. The Kier molecular flexibility index (Phi) is 7.47. The molecule has 0 heterocycles. The molecule has 0 saturated heterocycles. The third-order valence-corrected chi connectivity index (χ3v) is 4.39. The van der Waals surface area contributed by atoms with Crippen LogP contribution in [0.4, 0.5) is 0 Å². The summed E-state index contributed by atoms with van der Waals surface area (Å²) in [6.45, 7) is 8.00. The van der Waals surface area contributed by atoms with Crippen molar-refractivity contribution in [1.82, 2.24) is 0 Å². The Morgan fingerprint density at radius 1 is 0.680 bits per heavy atom. The van der Waals surface area contributed by atoms with Crippen LogP contribution in [0.3, 0.4) is 0 Å². The molecule has 0 saturated carbocycles. The molecule has 0 amide bonds. The van der Waals surface area contributed by atoms with Crippen LogP contribution in [0.1, 0.15) is 47.0 Å². The fourth-order valence-corrected chi connectivity index (χ4v) is 3.45. The van der Waals surface area contributed by atoms with E-state index in [2.05, 4.69) is 72.9 Å². The summed E-state index contributed by atoms with van der Waals surface area (Å²) >= 11 is 0. The van der Waals surface area contributed by atoms with E-state index in [0.29, 0.717) is 0 Å². The second kappa shape index (κ2) is 9.84. The standard InChI is InChI=1S/C21H18.2C2H6/c1-4-10-16-11-5-2-9-15-20-18-13-7-3-6-12-17(18)19(14-8-1)21(16)20;2*1-2/h1-4,6-10,12,14-15H,5,11,13H2;2*1-2H3/b4-1?,8-1-,9-2-,10-4-,14-8?,16-10?,19-14-,20-15-,21-16-;;. The highest BCUT2D eigenvalue weighted by molar-refractivity contribution is 5.78. The molecule has 0 fully saturated rings. The van der Waals surface area contributed by atoms with Gasteiger partial charge < -0.3 is 0 Å². The first kappa shape index (κ1) is 19.0. The van der Waals surface area contributed by atoms with Gasteiger partial charge in [-0.1, -0.05) is 101 Å². The number of allylic oxidation sites excluding steroid dienone is 18. The Bertz CT molecular complexity index is 750. The lowest BCUT2D eigenvalue weighted by molar-refractivity contribution is 0.989. The first-order chi connectivity index (χ1) is 12.4. The van der Waals surface area contributed by atoms with Gasteiger partial charge in [0.05, 0.1) is 0 Å². The summed E-state index contributed by atoms with van der Waals surface area (Å²) in [4.78, 5) is 0. The Morgan fingerprint density at radius 2 is 1.44 bits per heavy atom. The summed E-state index contributed by atoms with van der Waals surface area (Å²) in [6, 6.07) is 0. The van der Waals surface area contributed by atoms with Gasteiger partial charge in [0.2, 0.25) is 0 Å². The normalized spacial score (nSPS) is 30.6. The molecule has 4 aliphatic carbocycles. The van der Waals surface area contributed by atoms with Crippen molar-refractivity contribution >= 4 is 0 Å². The summed E-state index contributed by atoms with van der Waals surface area (Å²) in [5.74, 6) is 0. The Labute approximate surface area is 153 Å². The van der Waals surface area contributed by atoms with Crippen LogP contribution in [0.15, 0.2) is 106 Å². The Balaban J connectivity index is 0.000000528. The van der Waals surface area contributed by atoms with Gasteiger partial charge in [0.25, 0.3) is 0 Å². The van der Waals surface area contributed by atoms with Crippen LogP contribution >= 0.6 is 0 Å². The topological polar surface area (TPSA) is 0 Å². The van der Waals surface area contributed by atoms with Crippen molar-refractivity contribution in [2.24, 2.45) is 0 Å².